The molecule has 0 radical (unpaired) electrons. The average molecular weight is 361 g/mol. The van der Waals surface area contributed by atoms with Crippen molar-refractivity contribution >= 4 is 16.9 Å². The van der Waals surface area contributed by atoms with Crippen LogP contribution < -0.4 is 0 Å². The molecular formula is C21H16FN3O2. The lowest BCUT2D eigenvalue weighted by Crippen LogP contribution is -2.02. The first kappa shape index (κ1) is 16.9. The summed E-state index contributed by atoms with van der Waals surface area (Å²) in [6.07, 6.45) is 5.73. The molecule has 5 nitrogen and oxygen atoms in total. The van der Waals surface area contributed by atoms with Gasteiger partial charge in [0.2, 0.25) is 0 Å². The maximum atomic E-state index is 13.8. The van der Waals surface area contributed by atoms with Crippen molar-refractivity contribution in [3.63, 3.8) is 0 Å². The van der Waals surface area contributed by atoms with Crippen LogP contribution in [-0.4, -0.2) is 25.6 Å². The molecule has 3 heterocycles. The van der Waals surface area contributed by atoms with E-state index in [2.05, 4.69) is 9.97 Å². The fraction of sp³-hybridized carbons (Fsp3) is 0.0952. The molecule has 27 heavy (non-hydrogen) atoms. The van der Waals surface area contributed by atoms with Crippen molar-refractivity contribution in [2.24, 2.45) is 0 Å². The zero-order valence-electron chi connectivity index (χ0n) is 14.3. The lowest BCUT2D eigenvalue weighted by molar-refractivity contribution is 0.0697. The molecule has 0 fully saturated rings. The Morgan fingerprint density at radius 1 is 1.07 bits per heavy atom. The van der Waals surface area contributed by atoms with Gasteiger partial charge in [0.05, 0.1) is 28.7 Å². The van der Waals surface area contributed by atoms with Gasteiger partial charge in [-0.1, -0.05) is 18.2 Å². The summed E-state index contributed by atoms with van der Waals surface area (Å²) in [6, 6.07) is 13.6. The molecule has 0 spiro atoms. The van der Waals surface area contributed by atoms with Crippen LogP contribution in [0.1, 0.15) is 15.9 Å². The number of rotatable bonds is 5. The number of aromatic carboxylic acids is 1. The molecule has 4 aromatic rings. The van der Waals surface area contributed by atoms with Gasteiger partial charge in [0.15, 0.2) is 0 Å². The molecule has 4 rings (SSSR count). The Balaban J connectivity index is 1.61. The molecule has 0 unspecified atom stereocenters. The van der Waals surface area contributed by atoms with Crippen molar-refractivity contribution in [2.75, 3.05) is 0 Å². The molecule has 1 N–H and O–H groups in total. The zero-order chi connectivity index (χ0) is 18.8. The van der Waals surface area contributed by atoms with Crippen molar-refractivity contribution in [1.29, 1.82) is 0 Å². The molecule has 1 aromatic carbocycles. The number of hydrogen-bond acceptors (Lipinski definition) is 3. The number of aromatic nitrogens is 3. The molecule has 0 atom stereocenters. The molecule has 0 saturated carbocycles. The van der Waals surface area contributed by atoms with Crippen molar-refractivity contribution in [2.45, 2.75) is 13.0 Å². The SMILES string of the molecule is O=C(O)c1ccnc(-c2cc3ccn(CCc4ccccc4F)c3cn2)c1. The van der Waals surface area contributed by atoms with Crippen LogP contribution >= 0.6 is 0 Å². The minimum absolute atomic E-state index is 0.171. The summed E-state index contributed by atoms with van der Waals surface area (Å²) in [5.74, 6) is -1.20. The van der Waals surface area contributed by atoms with Crippen LogP contribution in [0, 0.1) is 5.82 Å². The zero-order valence-corrected chi connectivity index (χ0v) is 14.3. The molecule has 6 heteroatoms. The molecule has 134 valence electrons. The summed E-state index contributed by atoms with van der Waals surface area (Å²) in [5, 5.41) is 10.1. The van der Waals surface area contributed by atoms with Crippen LogP contribution in [-0.2, 0) is 13.0 Å². The van der Waals surface area contributed by atoms with E-state index in [9.17, 15) is 9.18 Å². The van der Waals surface area contributed by atoms with Crippen LogP contribution in [0.5, 0.6) is 0 Å². The van der Waals surface area contributed by atoms with Gasteiger partial charge in [-0.3, -0.25) is 9.97 Å². The highest BCUT2D eigenvalue weighted by Gasteiger charge is 2.10. The monoisotopic (exact) mass is 361 g/mol. The number of carboxylic acids is 1. The van der Waals surface area contributed by atoms with Gasteiger partial charge in [-0.25, -0.2) is 9.18 Å². The van der Waals surface area contributed by atoms with Gasteiger partial charge in [0, 0.05) is 24.3 Å². The Morgan fingerprint density at radius 3 is 2.70 bits per heavy atom. The van der Waals surface area contributed by atoms with E-state index >= 15 is 0 Å². The van der Waals surface area contributed by atoms with Gasteiger partial charge in [0.1, 0.15) is 5.82 Å². The topological polar surface area (TPSA) is 68.0 Å². The smallest absolute Gasteiger partial charge is 0.335 e. The number of nitrogens with zero attached hydrogens (tertiary/aromatic N) is 3. The summed E-state index contributed by atoms with van der Waals surface area (Å²) in [6.45, 7) is 0.637. The molecule has 0 saturated heterocycles. The van der Waals surface area contributed by atoms with Crippen molar-refractivity contribution < 1.29 is 14.3 Å². The number of aryl methyl sites for hydroxylation is 2. The minimum Gasteiger partial charge on any atom is -0.478 e. The molecule has 0 aliphatic heterocycles. The predicted octanol–water partition coefficient (Wildman–Crippen LogP) is 4.18. The summed E-state index contributed by atoms with van der Waals surface area (Å²) in [4.78, 5) is 19.8. The first-order valence-electron chi connectivity index (χ1n) is 8.50. The first-order valence-corrected chi connectivity index (χ1v) is 8.50. The number of carboxylic acid groups (broad SMARTS) is 1. The third kappa shape index (κ3) is 3.42. The highest BCUT2D eigenvalue weighted by atomic mass is 19.1. The second kappa shape index (κ2) is 6.99. The average Bonchev–Trinajstić information content (AvgIpc) is 3.10. The number of fused-ring (bicyclic) bond motifs is 1. The van der Waals surface area contributed by atoms with E-state index in [1.807, 2.05) is 29.0 Å². The van der Waals surface area contributed by atoms with Gasteiger partial charge >= 0.3 is 5.97 Å². The largest absolute Gasteiger partial charge is 0.478 e. The van der Waals surface area contributed by atoms with Crippen LogP contribution in [0.25, 0.3) is 22.3 Å². The fourth-order valence-electron chi connectivity index (χ4n) is 3.07. The molecular weight excluding hydrogens is 345 g/mol. The van der Waals surface area contributed by atoms with Gasteiger partial charge in [-0.15, -0.1) is 0 Å². The Bertz CT molecular complexity index is 1140. The number of hydrogen-bond donors (Lipinski definition) is 1. The normalized spacial score (nSPS) is 11.0. The quantitative estimate of drug-likeness (QED) is 0.579. The second-order valence-corrected chi connectivity index (χ2v) is 6.21. The van der Waals surface area contributed by atoms with E-state index in [0.717, 1.165) is 10.9 Å². The van der Waals surface area contributed by atoms with Crippen LogP contribution in [0.2, 0.25) is 0 Å². The van der Waals surface area contributed by atoms with Crippen LogP contribution in [0.4, 0.5) is 4.39 Å². The number of benzene rings is 1. The fourth-order valence-corrected chi connectivity index (χ4v) is 3.07. The van der Waals surface area contributed by atoms with Crippen LogP contribution in [0.3, 0.4) is 0 Å². The number of pyridine rings is 2. The lowest BCUT2D eigenvalue weighted by Gasteiger charge is -2.07. The second-order valence-electron chi connectivity index (χ2n) is 6.21. The first-order chi connectivity index (χ1) is 13.1. The van der Waals surface area contributed by atoms with E-state index < -0.39 is 5.97 Å². The summed E-state index contributed by atoms with van der Waals surface area (Å²) in [5.41, 5.74) is 2.90. The standard InChI is InChI=1S/C21H16FN3O2/c22-17-4-2-1-3-14(17)6-9-25-10-7-15-11-19(24-13-20(15)25)18-12-16(21(26)27)5-8-23-18/h1-5,7-8,10-13H,6,9H2,(H,26,27). The molecule has 3 aromatic heterocycles. The Morgan fingerprint density at radius 2 is 1.89 bits per heavy atom. The predicted molar refractivity (Wildman–Crippen MR) is 100 cm³/mol. The Labute approximate surface area is 154 Å². The van der Waals surface area contributed by atoms with Gasteiger partial charge < -0.3 is 9.67 Å². The van der Waals surface area contributed by atoms with Gasteiger partial charge in [-0.2, -0.15) is 0 Å². The Kier molecular flexibility index (Phi) is 4.38. The third-order valence-corrected chi connectivity index (χ3v) is 4.51. The minimum atomic E-state index is -1.00. The van der Waals surface area contributed by atoms with E-state index in [1.165, 1.54) is 24.4 Å². The highest BCUT2D eigenvalue weighted by Crippen LogP contribution is 2.22. The third-order valence-electron chi connectivity index (χ3n) is 4.51. The van der Waals surface area contributed by atoms with Crippen LogP contribution in [0.15, 0.2) is 67.1 Å². The summed E-state index contributed by atoms with van der Waals surface area (Å²) >= 11 is 0. The highest BCUT2D eigenvalue weighted by molar-refractivity contribution is 5.89. The van der Waals surface area contributed by atoms with E-state index in [1.54, 1.807) is 18.3 Å². The van der Waals surface area contributed by atoms with Gasteiger partial charge in [0.25, 0.3) is 0 Å². The summed E-state index contributed by atoms with van der Waals surface area (Å²) < 4.78 is 15.8. The van der Waals surface area contributed by atoms with Crippen molar-refractivity contribution in [1.82, 2.24) is 14.5 Å². The molecule has 0 aliphatic rings. The Hall–Kier alpha value is -3.54. The number of halogens is 1. The summed E-state index contributed by atoms with van der Waals surface area (Å²) in [7, 11) is 0. The lowest BCUT2D eigenvalue weighted by atomic mass is 10.1. The van der Waals surface area contributed by atoms with E-state index in [4.69, 9.17) is 5.11 Å². The maximum absolute atomic E-state index is 13.8. The molecule has 0 aliphatic carbocycles. The van der Waals surface area contributed by atoms with Gasteiger partial charge in [-0.05, 0) is 42.3 Å². The van der Waals surface area contributed by atoms with E-state index in [-0.39, 0.29) is 11.4 Å². The molecule has 0 bridgehead atoms. The number of carbonyl (C=O) groups is 1. The molecule has 0 amide bonds. The maximum Gasteiger partial charge on any atom is 0.335 e. The van der Waals surface area contributed by atoms with Crippen molar-refractivity contribution in [3.05, 3.63) is 84.1 Å². The van der Waals surface area contributed by atoms with E-state index in [0.29, 0.717) is 29.9 Å². The van der Waals surface area contributed by atoms with Crippen molar-refractivity contribution in [3.8, 4) is 11.4 Å².